The van der Waals surface area contributed by atoms with E-state index in [4.69, 9.17) is 19.2 Å². The Hall–Kier alpha value is -2.93. The second kappa shape index (κ2) is 16.7. The lowest BCUT2D eigenvalue weighted by Gasteiger charge is -2.15. The molecule has 7 heteroatoms. The van der Waals surface area contributed by atoms with Crippen molar-refractivity contribution >= 4 is 11.9 Å². The molecule has 0 aliphatic heterocycles. The Morgan fingerprint density at radius 2 is 1.67 bits per heavy atom. The van der Waals surface area contributed by atoms with Gasteiger partial charge in [0, 0.05) is 18.5 Å². The van der Waals surface area contributed by atoms with Crippen molar-refractivity contribution in [1.29, 1.82) is 0 Å². The number of carbonyl (C=O) groups excluding carboxylic acids is 2. The lowest BCUT2D eigenvalue weighted by molar-refractivity contribution is -0.140. The molecular weight excluding hydrogens is 458 g/mol. The molecule has 1 N–H and O–H groups in total. The summed E-state index contributed by atoms with van der Waals surface area (Å²) in [5.74, 6) is -0.103. The summed E-state index contributed by atoms with van der Waals surface area (Å²) in [7, 11) is 2.69. The Balaban J connectivity index is 1.98. The van der Waals surface area contributed by atoms with Crippen molar-refractivity contribution in [3.8, 4) is 5.75 Å². The maximum absolute atomic E-state index is 11.8. The number of nitrogens with zero attached hydrogens (tertiary/aromatic N) is 1. The fourth-order valence-electron chi connectivity index (χ4n) is 4.01. The molecule has 1 unspecified atom stereocenters. The van der Waals surface area contributed by atoms with Gasteiger partial charge >= 0.3 is 11.9 Å². The number of unbranched alkanes of at least 4 members (excludes halogenated alkanes) is 7. The highest BCUT2D eigenvalue weighted by atomic mass is 16.5. The van der Waals surface area contributed by atoms with Gasteiger partial charge < -0.3 is 19.3 Å². The van der Waals surface area contributed by atoms with Crippen LogP contribution in [0.4, 0.5) is 0 Å². The molecule has 2 aromatic rings. The van der Waals surface area contributed by atoms with Crippen molar-refractivity contribution < 1.29 is 28.9 Å². The van der Waals surface area contributed by atoms with Crippen molar-refractivity contribution in [3.05, 3.63) is 58.9 Å². The van der Waals surface area contributed by atoms with Gasteiger partial charge in [-0.1, -0.05) is 64.0 Å². The molecule has 0 radical (unpaired) electrons. The number of aromatic nitrogens is 1. The van der Waals surface area contributed by atoms with Gasteiger partial charge in [0.2, 0.25) is 0 Å². The molecule has 1 heterocycles. The number of ether oxygens (including phenoxy) is 3. The molecular formula is C29H41NO6. The third-order valence-corrected chi connectivity index (χ3v) is 6.13. The Morgan fingerprint density at radius 3 is 2.36 bits per heavy atom. The van der Waals surface area contributed by atoms with Gasteiger partial charge in [0.15, 0.2) is 0 Å². The molecule has 36 heavy (non-hydrogen) atoms. The zero-order valence-electron chi connectivity index (χ0n) is 22.0. The molecule has 0 fully saturated rings. The standard InChI is InChI=1S/C29H41NO6/c1-4-5-6-7-8-9-10-11-19-36-27-17-15-24(30-25(27)16-18-28(32)34-2)21-26(31)22-13-12-14-23(20-22)29(33)35-3/h12-15,17,20,26,31H,4-11,16,18-19,21H2,1-3H3. The number of aryl methyl sites for hydroxylation is 1. The fraction of sp³-hybridized carbons (Fsp3) is 0.552. The number of methoxy groups -OCH3 is 2. The molecule has 2 rings (SSSR count). The largest absolute Gasteiger partial charge is 0.492 e. The average Bonchev–Trinajstić information content (AvgIpc) is 2.91. The van der Waals surface area contributed by atoms with Crippen molar-refractivity contribution in [1.82, 2.24) is 4.98 Å². The molecule has 0 spiro atoms. The Kier molecular flexibility index (Phi) is 13.6. The van der Waals surface area contributed by atoms with Crippen LogP contribution in [0.2, 0.25) is 0 Å². The maximum Gasteiger partial charge on any atom is 0.337 e. The van der Waals surface area contributed by atoms with Crippen LogP contribution >= 0.6 is 0 Å². The van der Waals surface area contributed by atoms with E-state index in [1.807, 2.05) is 12.1 Å². The molecule has 0 aliphatic rings. The smallest absolute Gasteiger partial charge is 0.337 e. The minimum Gasteiger partial charge on any atom is -0.492 e. The number of aliphatic hydroxyl groups excluding tert-OH is 1. The molecule has 0 amide bonds. The molecule has 1 aromatic carbocycles. The first-order chi connectivity index (χ1) is 17.5. The Labute approximate surface area is 215 Å². The summed E-state index contributed by atoms with van der Waals surface area (Å²) in [6, 6.07) is 10.4. The average molecular weight is 500 g/mol. The number of benzene rings is 1. The molecule has 1 atom stereocenters. The van der Waals surface area contributed by atoms with E-state index in [1.54, 1.807) is 24.3 Å². The topological polar surface area (TPSA) is 95.0 Å². The van der Waals surface area contributed by atoms with Crippen molar-refractivity contribution in [2.45, 2.75) is 83.7 Å². The summed E-state index contributed by atoms with van der Waals surface area (Å²) < 4.78 is 15.6. The first kappa shape index (κ1) is 29.3. The fourth-order valence-corrected chi connectivity index (χ4v) is 4.01. The van der Waals surface area contributed by atoms with Gasteiger partial charge in [-0.25, -0.2) is 4.79 Å². The predicted molar refractivity (Wildman–Crippen MR) is 139 cm³/mol. The van der Waals surface area contributed by atoms with Crippen molar-refractivity contribution in [3.63, 3.8) is 0 Å². The lowest BCUT2D eigenvalue weighted by Crippen LogP contribution is -2.10. The normalized spacial score (nSPS) is 11.7. The molecule has 0 bridgehead atoms. The van der Waals surface area contributed by atoms with E-state index in [0.29, 0.717) is 41.3 Å². The number of aliphatic hydroxyl groups is 1. The Morgan fingerprint density at radius 1 is 0.944 bits per heavy atom. The van der Waals surface area contributed by atoms with Crippen LogP contribution in [-0.2, 0) is 27.1 Å². The van der Waals surface area contributed by atoms with Gasteiger partial charge in [0.1, 0.15) is 5.75 Å². The van der Waals surface area contributed by atoms with Crippen LogP contribution in [0.1, 0.15) is 98.1 Å². The maximum atomic E-state index is 11.8. The van der Waals surface area contributed by atoms with Gasteiger partial charge in [-0.2, -0.15) is 0 Å². The van der Waals surface area contributed by atoms with Gasteiger partial charge in [-0.3, -0.25) is 9.78 Å². The van der Waals surface area contributed by atoms with E-state index >= 15 is 0 Å². The number of hydrogen-bond donors (Lipinski definition) is 1. The highest BCUT2D eigenvalue weighted by Gasteiger charge is 2.16. The molecule has 0 saturated heterocycles. The van der Waals surface area contributed by atoms with Crippen LogP contribution < -0.4 is 4.74 Å². The second-order valence-corrected chi connectivity index (χ2v) is 8.98. The van der Waals surface area contributed by atoms with Crippen LogP contribution in [0.3, 0.4) is 0 Å². The number of pyridine rings is 1. The van der Waals surface area contributed by atoms with E-state index in [0.717, 1.165) is 12.8 Å². The zero-order valence-corrected chi connectivity index (χ0v) is 22.0. The molecule has 7 nitrogen and oxygen atoms in total. The second-order valence-electron chi connectivity index (χ2n) is 8.98. The summed E-state index contributed by atoms with van der Waals surface area (Å²) in [5, 5.41) is 10.8. The predicted octanol–water partition coefficient (Wildman–Crippen LogP) is 5.77. The molecule has 0 aliphatic carbocycles. The molecule has 198 valence electrons. The summed E-state index contributed by atoms with van der Waals surface area (Å²) in [6.07, 6.45) is 9.79. The highest BCUT2D eigenvalue weighted by molar-refractivity contribution is 5.89. The van der Waals surface area contributed by atoms with E-state index in [-0.39, 0.29) is 18.8 Å². The van der Waals surface area contributed by atoms with Crippen LogP contribution in [0, 0.1) is 0 Å². The SMILES string of the molecule is CCCCCCCCCCOc1ccc(CC(O)c2cccc(C(=O)OC)c2)nc1CCC(=O)OC. The van der Waals surface area contributed by atoms with Crippen LogP contribution in [0.25, 0.3) is 0 Å². The summed E-state index contributed by atoms with van der Waals surface area (Å²) >= 11 is 0. The van der Waals surface area contributed by atoms with Gasteiger partial charge in [-0.15, -0.1) is 0 Å². The van der Waals surface area contributed by atoms with E-state index in [9.17, 15) is 14.7 Å². The minimum atomic E-state index is -0.848. The van der Waals surface area contributed by atoms with Gasteiger partial charge in [-0.05, 0) is 36.2 Å². The van der Waals surface area contributed by atoms with E-state index < -0.39 is 12.1 Å². The lowest BCUT2D eigenvalue weighted by atomic mass is 10.0. The van der Waals surface area contributed by atoms with E-state index in [1.165, 1.54) is 52.7 Å². The van der Waals surface area contributed by atoms with Crippen molar-refractivity contribution in [2.24, 2.45) is 0 Å². The van der Waals surface area contributed by atoms with Gasteiger partial charge in [0.25, 0.3) is 0 Å². The number of rotatable bonds is 17. The quantitative estimate of drug-likeness (QED) is 0.218. The summed E-state index contributed by atoms with van der Waals surface area (Å²) in [5.41, 5.74) is 2.33. The number of carbonyl (C=O) groups is 2. The molecule has 1 aromatic heterocycles. The highest BCUT2D eigenvalue weighted by Crippen LogP contribution is 2.24. The Bertz CT molecular complexity index is 945. The number of hydrogen-bond acceptors (Lipinski definition) is 7. The van der Waals surface area contributed by atoms with Crippen LogP contribution in [0.5, 0.6) is 5.75 Å². The number of esters is 2. The van der Waals surface area contributed by atoms with E-state index in [2.05, 4.69) is 6.92 Å². The monoisotopic (exact) mass is 499 g/mol. The van der Waals surface area contributed by atoms with Crippen molar-refractivity contribution in [2.75, 3.05) is 20.8 Å². The first-order valence-electron chi connectivity index (χ1n) is 13.0. The summed E-state index contributed by atoms with van der Waals surface area (Å²) in [6.45, 7) is 2.83. The zero-order chi connectivity index (χ0) is 26.2. The third kappa shape index (κ3) is 10.4. The van der Waals surface area contributed by atoms with Crippen LogP contribution in [0.15, 0.2) is 36.4 Å². The minimum absolute atomic E-state index is 0.199. The summed E-state index contributed by atoms with van der Waals surface area (Å²) in [4.78, 5) is 28.2. The van der Waals surface area contributed by atoms with Crippen LogP contribution in [-0.4, -0.2) is 42.9 Å². The first-order valence-corrected chi connectivity index (χ1v) is 13.0. The van der Waals surface area contributed by atoms with Gasteiger partial charge in [0.05, 0.1) is 44.6 Å². The molecule has 0 saturated carbocycles. The third-order valence-electron chi connectivity index (χ3n) is 6.13.